The molecule has 0 unspecified atom stereocenters. The number of aromatic nitrogens is 4. The number of anilines is 1. The summed E-state index contributed by atoms with van der Waals surface area (Å²) in [5.74, 6) is 0.657. The van der Waals surface area contributed by atoms with Crippen molar-refractivity contribution in [2.45, 2.75) is 45.6 Å². The Morgan fingerprint density at radius 1 is 1.29 bits per heavy atom. The summed E-state index contributed by atoms with van der Waals surface area (Å²) < 4.78 is 1.85. The van der Waals surface area contributed by atoms with Crippen molar-refractivity contribution < 1.29 is 0 Å². The molecule has 6 heteroatoms. The molecule has 2 N–H and O–H groups in total. The highest BCUT2D eigenvalue weighted by Gasteiger charge is 2.29. The predicted octanol–water partition coefficient (Wildman–Crippen LogP) is 3.55. The topological polar surface area (TPSA) is 69.6 Å². The molecule has 3 rings (SSSR count). The highest BCUT2D eigenvalue weighted by molar-refractivity contribution is 6.33. The summed E-state index contributed by atoms with van der Waals surface area (Å²) in [6, 6.07) is 5.47. The molecule has 1 aliphatic carbocycles. The minimum atomic E-state index is 0.248. The Kier molecular flexibility index (Phi) is 3.85. The molecule has 1 heterocycles. The second-order valence-corrected chi connectivity index (χ2v) is 6.64. The van der Waals surface area contributed by atoms with Crippen LogP contribution in [-0.2, 0) is 6.54 Å². The second kappa shape index (κ2) is 5.64. The lowest BCUT2D eigenvalue weighted by atomic mass is 9.76. The fraction of sp³-hybridized carbons (Fsp3) is 0.533. The summed E-state index contributed by atoms with van der Waals surface area (Å²) in [6.45, 7) is 3.12. The average molecular weight is 306 g/mol. The zero-order valence-electron chi connectivity index (χ0n) is 12.2. The van der Waals surface area contributed by atoms with Crippen LogP contribution in [0.5, 0.6) is 0 Å². The molecule has 1 aromatic heterocycles. The predicted molar refractivity (Wildman–Crippen MR) is 83.9 cm³/mol. The third-order valence-corrected chi connectivity index (χ3v) is 4.71. The zero-order valence-corrected chi connectivity index (χ0v) is 13.0. The maximum atomic E-state index is 6.28. The summed E-state index contributed by atoms with van der Waals surface area (Å²) in [5, 5.41) is 12.7. The van der Waals surface area contributed by atoms with Crippen LogP contribution in [0.25, 0.3) is 11.4 Å². The van der Waals surface area contributed by atoms with Gasteiger partial charge in [-0.3, -0.25) is 0 Å². The van der Waals surface area contributed by atoms with Gasteiger partial charge in [0.05, 0.1) is 17.1 Å². The number of tetrazole rings is 1. The van der Waals surface area contributed by atoms with E-state index in [1.54, 1.807) is 0 Å². The zero-order chi connectivity index (χ0) is 14.9. The third kappa shape index (κ3) is 2.88. The third-order valence-electron chi connectivity index (χ3n) is 4.39. The number of rotatable bonds is 3. The monoisotopic (exact) mass is 305 g/mol. The van der Waals surface area contributed by atoms with E-state index in [4.69, 9.17) is 17.3 Å². The minimum absolute atomic E-state index is 0.248. The number of nitrogen functional groups attached to an aromatic ring is 1. The van der Waals surface area contributed by atoms with E-state index in [0.717, 1.165) is 12.1 Å². The van der Waals surface area contributed by atoms with E-state index in [2.05, 4.69) is 22.4 Å². The summed E-state index contributed by atoms with van der Waals surface area (Å²) in [7, 11) is 0. The maximum Gasteiger partial charge on any atom is 0.185 e. The van der Waals surface area contributed by atoms with Crippen LogP contribution in [0.4, 0.5) is 5.69 Å². The van der Waals surface area contributed by atoms with Crippen molar-refractivity contribution in [2.75, 3.05) is 5.73 Å². The number of nitrogens with zero attached hydrogens (tertiary/aromatic N) is 4. The standard InChI is InChI=1S/C15H20ClN5/c1-15(8-3-2-4-9-15)10-21-14(18-19-20-21)13-11(16)6-5-7-12(13)17/h5-7H,2-4,8-10,17H2,1H3. The first-order valence-electron chi connectivity index (χ1n) is 7.40. The number of nitrogens with two attached hydrogens (primary N) is 1. The molecule has 0 bridgehead atoms. The molecular formula is C15H20ClN5. The Bertz CT molecular complexity index is 610. The Labute approximate surface area is 129 Å². The highest BCUT2D eigenvalue weighted by Crippen LogP contribution is 2.38. The molecule has 0 saturated heterocycles. The molecule has 21 heavy (non-hydrogen) atoms. The first-order chi connectivity index (χ1) is 10.1. The fourth-order valence-electron chi connectivity index (χ4n) is 3.19. The van der Waals surface area contributed by atoms with Gasteiger partial charge in [0.25, 0.3) is 0 Å². The molecular weight excluding hydrogens is 286 g/mol. The molecule has 1 aliphatic rings. The molecule has 1 fully saturated rings. The van der Waals surface area contributed by atoms with E-state index >= 15 is 0 Å². The maximum absolute atomic E-state index is 6.28. The molecule has 0 aliphatic heterocycles. The molecule has 112 valence electrons. The first kappa shape index (κ1) is 14.3. The smallest absolute Gasteiger partial charge is 0.185 e. The van der Waals surface area contributed by atoms with E-state index in [1.807, 2.05) is 22.9 Å². The SMILES string of the molecule is CC1(Cn2nnnc2-c2c(N)cccc2Cl)CCCCC1. The number of hydrogen-bond acceptors (Lipinski definition) is 4. The van der Waals surface area contributed by atoms with Gasteiger partial charge in [-0.25, -0.2) is 4.68 Å². The Morgan fingerprint density at radius 2 is 2.05 bits per heavy atom. The highest BCUT2D eigenvalue weighted by atomic mass is 35.5. The van der Waals surface area contributed by atoms with Crippen LogP contribution in [0.2, 0.25) is 5.02 Å². The summed E-state index contributed by atoms with van der Waals surface area (Å²) in [6.07, 6.45) is 6.31. The van der Waals surface area contributed by atoms with E-state index in [9.17, 15) is 0 Å². The quantitative estimate of drug-likeness (QED) is 0.880. The van der Waals surface area contributed by atoms with Crippen molar-refractivity contribution in [3.63, 3.8) is 0 Å². The van der Waals surface area contributed by atoms with Gasteiger partial charge in [-0.2, -0.15) is 0 Å². The Hall–Kier alpha value is -1.62. The lowest BCUT2D eigenvalue weighted by Crippen LogP contribution is -2.27. The minimum Gasteiger partial charge on any atom is -0.398 e. The summed E-state index contributed by atoms with van der Waals surface area (Å²) in [4.78, 5) is 0. The van der Waals surface area contributed by atoms with Crippen LogP contribution in [0, 0.1) is 5.41 Å². The van der Waals surface area contributed by atoms with E-state index < -0.39 is 0 Å². The second-order valence-electron chi connectivity index (χ2n) is 6.24. The van der Waals surface area contributed by atoms with Gasteiger partial charge in [0.2, 0.25) is 0 Å². The van der Waals surface area contributed by atoms with Gasteiger partial charge in [-0.1, -0.05) is 43.9 Å². The summed E-state index contributed by atoms with van der Waals surface area (Å²) in [5.41, 5.74) is 7.63. The fourth-order valence-corrected chi connectivity index (χ4v) is 3.46. The molecule has 0 spiro atoms. The molecule has 2 aromatic rings. The van der Waals surface area contributed by atoms with Crippen molar-refractivity contribution in [3.8, 4) is 11.4 Å². The van der Waals surface area contributed by atoms with Crippen LogP contribution >= 0.6 is 11.6 Å². The van der Waals surface area contributed by atoms with Crippen molar-refractivity contribution in [1.29, 1.82) is 0 Å². The molecule has 5 nitrogen and oxygen atoms in total. The van der Waals surface area contributed by atoms with E-state index in [-0.39, 0.29) is 5.41 Å². The van der Waals surface area contributed by atoms with Gasteiger partial charge in [0, 0.05) is 5.69 Å². The van der Waals surface area contributed by atoms with E-state index in [0.29, 0.717) is 16.5 Å². The van der Waals surface area contributed by atoms with Crippen LogP contribution in [0.3, 0.4) is 0 Å². The lowest BCUT2D eigenvalue weighted by Gasteiger charge is -2.33. The van der Waals surface area contributed by atoms with Crippen molar-refractivity contribution >= 4 is 17.3 Å². The lowest BCUT2D eigenvalue weighted by molar-refractivity contribution is 0.175. The Balaban J connectivity index is 1.94. The number of benzene rings is 1. The largest absolute Gasteiger partial charge is 0.398 e. The van der Waals surface area contributed by atoms with Crippen LogP contribution < -0.4 is 5.73 Å². The first-order valence-corrected chi connectivity index (χ1v) is 7.77. The Morgan fingerprint density at radius 3 is 2.76 bits per heavy atom. The van der Waals surface area contributed by atoms with Crippen molar-refractivity contribution in [3.05, 3.63) is 23.2 Å². The van der Waals surface area contributed by atoms with Crippen LogP contribution in [-0.4, -0.2) is 20.2 Å². The van der Waals surface area contributed by atoms with Gasteiger partial charge < -0.3 is 5.73 Å². The van der Waals surface area contributed by atoms with Gasteiger partial charge in [-0.15, -0.1) is 5.10 Å². The van der Waals surface area contributed by atoms with Gasteiger partial charge in [0.1, 0.15) is 0 Å². The van der Waals surface area contributed by atoms with Gasteiger partial charge >= 0.3 is 0 Å². The van der Waals surface area contributed by atoms with Crippen molar-refractivity contribution in [1.82, 2.24) is 20.2 Å². The van der Waals surface area contributed by atoms with Crippen LogP contribution in [0.15, 0.2) is 18.2 Å². The summed E-state index contributed by atoms with van der Waals surface area (Å²) >= 11 is 6.28. The molecule has 1 aromatic carbocycles. The molecule has 0 amide bonds. The molecule has 0 atom stereocenters. The van der Waals surface area contributed by atoms with E-state index in [1.165, 1.54) is 32.1 Å². The number of hydrogen-bond donors (Lipinski definition) is 1. The molecule has 0 radical (unpaired) electrons. The average Bonchev–Trinajstić information content (AvgIpc) is 2.87. The van der Waals surface area contributed by atoms with Crippen LogP contribution in [0.1, 0.15) is 39.0 Å². The van der Waals surface area contributed by atoms with Crippen molar-refractivity contribution in [2.24, 2.45) is 5.41 Å². The van der Waals surface area contributed by atoms with Gasteiger partial charge in [-0.05, 0) is 40.8 Å². The number of halogens is 1. The normalized spacial score (nSPS) is 17.8. The van der Waals surface area contributed by atoms with Gasteiger partial charge in [0.15, 0.2) is 5.82 Å². The molecule has 1 saturated carbocycles.